The molecule has 5 rings (SSSR count). The van der Waals surface area contributed by atoms with Crippen LogP contribution in [0.5, 0.6) is 0 Å². The maximum absolute atomic E-state index is 13.1. The Morgan fingerprint density at radius 3 is 2.70 bits per heavy atom. The Morgan fingerprint density at radius 2 is 1.87 bits per heavy atom. The first-order valence-electron chi connectivity index (χ1n) is 10.5. The monoisotopic (exact) mass is 420 g/mol. The smallest absolute Gasteiger partial charge is 0.321 e. The largest absolute Gasteiger partial charge is 0.335 e. The number of hydrogen-bond acceptors (Lipinski definition) is 4. The minimum Gasteiger partial charge on any atom is -0.335 e. The van der Waals surface area contributed by atoms with Crippen molar-refractivity contribution in [2.45, 2.75) is 44.7 Å². The van der Waals surface area contributed by atoms with Gasteiger partial charge in [0.15, 0.2) is 5.13 Å². The number of anilines is 1. The molecular formula is C23H24N4O2S. The Kier molecular flexibility index (Phi) is 5.12. The molecule has 3 amide bonds. The van der Waals surface area contributed by atoms with Crippen molar-refractivity contribution >= 4 is 39.2 Å². The molecule has 7 heteroatoms. The van der Waals surface area contributed by atoms with Crippen LogP contribution in [-0.2, 0) is 13.0 Å². The Bertz CT molecular complexity index is 1100. The third-order valence-electron chi connectivity index (χ3n) is 5.93. The van der Waals surface area contributed by atoms with Crippen molar-refractivity contribution in [1.29, 1.82) is 0 Å². The number of urea groups is 1. The summed E-state index contributed by atoms with van der Waals surface area (Å²) in [5.74, 6) is 0.0355. The van der Waals surface area contributed by atoms with Crippen LogP contribution in [0.1, 0.15) is 46.6 Å². The average Bonchev–Trinajstić information content (AvgIpc) is 3.41. The highest BCUT2D eigenvalue weighted by atomic mass is 32.1. The topological polar surface area (TPSA) is 74.3 Å². The van der Waals surface area contributed by atoms with Crippen molar-refractivity contribution in [3.8, 4) is 0 Å². The third-order valence-corrected chi connectivity index (χ3v) is 6.92. The van der Waals surface area contributed by atoms with Gasteiger partial charge in [-0.1, -0.05) is 54.5 Å². The summed E-state index contributed by atoms with van der Waals surface area (Å²) >= 11 is 1.46. The van der Waals surface area contributed by atoms with Gasteiger partial charge in [-0.05, 0) is 35.7 Å². The Balaban J connectivity index is 1.26. The molecule has 0 radical (unpaired) electrons. The quantitative estimate of drug-likeness (QED) is 0.652. The van der Waals surface area contributed by atoms with E-state index < -0.39 is 0 Å². The molecule has 2 N–H and O–H groups in total. The molecule has 30 heavy (non-hydrogen) atoms. The molecule has 1 fully saturated rings. The van der Waals surface area contributed by atoms with Gasteiger partial charge in [0, 0.05) is 29.4 Å². The predicted octanol–water partition coefficient (Wildman–Crippen LogP) is 4.56. The Hall–Kier alpha value is -2.93. The summed E-state index contributed by atoms with van der Waals surface area (Å²) in [4.78, 5) is 32.8. The van der Waals surface area contributed by atoms with Crippen LogP contribution in [0.15, 0.2) is 42.5 Å². The van der Waals surface area contributed by atoms with E-state index in [1.165, 1.54) is 24.2 Å². The molecule has 0 spiro atoms. The number of aromatic nitrogens is 1. The van der Waals surface area contributed by atoms with Gasteiger partial charge in [-0.15, -0.1) is 0 Å². The minimum atomic E-state index is -0.183. The number of benzene rings is 2. The standard InChI is InChI=1S/C23H24N4O2S/c28-21(17-10-9-15-5-1-2-6-16(15)13-17)27-12-11-19-20(14-27)30-23(25-19)26-22(29)24-18-7-3-4-8-18/h1-2,5-6,9-10,13,18H,3-4,7-8,11-12,14H2,(H2,24,25,26,29). The van der Waals surface area contributed by atoms with Crippen LogP contribution < -0.4 is 10.6 Å². The zero-order valence-electron chi connectivity index (χ0n) is 16.7. The van der Waals surface area contributed by atoms with Gasteiger partial charge in [0.05, 0.1) is 12.2 Å². The van der Waals surface area contributed by atoms with Gasteiger partial charge in [-0.2, -0.15) is 0 Å². The molecule has 3 aromatic rings. The van der Waals surface area contributed by atoms with Crippen LogP contribution in [0.2, 0.25) is 0 Å². The number of amides is 3. The van der Waals surface area contributed by atoms with Gasteiger partial charge in [-0.25, -0.2) is 9.78 Å². The summed E-state index contributed by atoms with van der Waals surface area (Å²) in [6, 6.07) is 14.0. The first-order valence-corrected chi connectivity index (χ1v) is 11.3. The SMILES string of the molecule is O=C(Nc1nc2c(s1)CN(C(=O)c1ccc3ccccc3c1)CC2)NC1CCCC1. The molecule has 1 aliphatic heterocycles. The van der Waals surface area contributed by atoms with Gasteiger partial charge in [0.2, 0.25) is 0 Å². The second-order valence-electron chi connectivity index (χ2n) is 8.01. The third kappa shape index (κ3) is 3.89. The van der Waals surface area contributed by atoms with Crippen LogP contribution in [0.3, 0.4) is 0 Å². The van der Waals surface area contributed by atoms with Gasteiger partial charge in [0.1, 0.15) is 0 Å². The van der Waals surface area contributed by atoms with E-state index in [0.29, 0.717) is 30.2 Å². The number of nitrogens with zero attached hydrogens (tertiary/aromatic N) is 2. The average molecular weight is 421 g/mol. The van der Waals surface area contributed by atoms with E-state index in [9.17, 15) is 9.59 Å². The molecule has 1 aliphatic carbocycles. The molecule has 2 aliphatic rings. The Labute approximate surface area is 179 Å². The zero-order valence-corrected chi connectivity index (χ0v) is 17.5. The van der Waals surface area contributed by atoms with E-state index in [1.54, 1.807) is 0 Å². The molecule has 0 bridgehead atoms. The molecule has 1 aromatic heterocycles. The van der Waals surface area contributed by atoms with Crippen molar-refractivity contribution in [2.24, 2.45) is 0 Å². The second kappa shape index (κ2) is 8.07. The van der Waals surface area contributed by atoms with E-state index in [4.69, 9.17) is 0 Å². The first-order chi connectivity index (χ1) is 14.7. The van der Waals surface area contributed by atoms with E-state index in [-0.39, 0.29) is 18.0 Å². The van der Waals surface area contributed by atoms with Crippen molar-refractivity contribution in [1.82, 2.24) is 15.2 Å². The maximum Gasteiger partial charge on any atom is 0.321 e. The molecule has 6 nitrogen and oxygen atoms in total. The molecule has 0 saturated heterocycles. The van der Waals surface area contributed by atoms with Crippen LogP contribution in [-0.4, -0.2) is 34.4 Å². The number of thiazole rings is 1. The highest BCUT2D eigenvalue weighted by Crippen LogP contribution is 2.29. The van der Waals surface area contributed by atoms with Crippen molar-refractivity contribution < 1.29 is 9.59 Å². The van der Waals surface area contributed by atoms with E-state index >= 15 is 0 Å². The summed E-state index contributed by atoms with van der Waals surface area (Å²) in [5.41, 5.74) is 1.69. The number of carbonyl (C=O) groups is 2. The molecular weight excluding hydrogens is 396 g/mol. The van der Waals surface area contributed by atoms with Crippen molar-refractivity contribution in [3.05, 3.63) is 58.6 Å². The molecule has 154 valence electrons. The summed E-state index contributed by atoms with van der Waals surface area (Å²) in [7, 11) is 0. The minimum absolute atomic E-state index is 0.0355. The van der Waals surface area contributed by atoms with Crippen LogP contribution >= 0.6 is 11.3 Å². The molecule has 2 aromatic carbocycles. The first kappa shape index (κ1) is 19.1. The molecule has 0 atom stereocenters. The molecule has 1 saturated carbocycles. The summed E-state index contributed by atoms with van der Waals surface area (Å²) < 4.78 is 0. The highest BCUT2D eigenvalue weighted by molar-refractivity contribution is 7.15. The summed E-state index contributed by atoms with van der Waals surface area (Å²) in [6.07, 6.45) is 5.16. The van der Waals surface area contributed by atoms with E-state index in [1.807, 2.05) is 47.4 Å². The van der Waals surface area contributed by atoms with Gasteiger partial charge in [-0.3, -0.25) is 10.1 Å². The Morgan fingerprint density at radius 1 is 1.07 bits per heavy atom. The number of fused-ring (bicyclic) bond motifs is 2. The molecule has 0 unspecified atom stereocenters. The van der Waals surface area contributed by atoms with Gasteiger partial charge >= 0.3 is 6.03 Å². The normalized spacial score (nSPS) is 16.5. The summed E-state index contributed by atoms with van der Waals surface area (Å²) in [5, 5.41) is 8.70. The molecule has 2 heterocycles. The lowest BCUT2D eigenvalue weighted by atomic mass is 10.1. The fourth-order valence-electron chi connectivity index (χ4n) is 4.32. The fourth-order valence-corrected chi connectivity index (χ4v) is 5.33. The second-order valence-corrected chi connectivity index (χ2v) is 9.09. The van der Waals surface area contributed by atoms with Crippen LogP contribution in [0.25, 0.3) is 10.8 Å². The van der Waals surface area contributed by atoms with Gasteiger partial charge < -0.3 is 10.2 Å². The number of rotatable bonds is 3. The van der Waals surface area contributed by atoms with Crippen molar-refractivity contribution in [3.63, 3.8) is 0 Å². The predicted molar refractivity (Wildman–Crippen MR) is 119 cm³/mol. The van der Waals surface area contributed by atoms with E-state index in [2.05, 4.69) is 15.6 Å². The zero-order chi connectivity index (χ0) is 20.5. The highest BCUT2D eigenvalue weighted by Gasteiger charge is 2.26. The van der Waals surface area contributed by atoms with Crippen LogP contribution in [0, 0.1) is 0 Å². The maximum atomic E-state index is 13.1. The van der Waals surface area contributed by atoms with Crippen molar-refractivity contribution in [2.75, 3.05) is 11.9 Å². The number of nitrogens with one attached hydrogen (secondary N) is 2. The number of carbonyl (C=O) groups excluding carboxylic acids is 2. The summed E-state index contributed by atoms with van der Waals surface area (Å²) in [6.45, 7) is 1.17. The lowest BCUT2D eigenvalue weighted by Gasteiger charge is -2.26. The number of hydrogen-bond donors (Lipinski definition) is 2. The lowest BCUT2D eigenvalue weighted by molar-refractivity contribution is 0.0736. The fraction of sp³-hybridized carbons (Fsp3) is 0.348. The van der Waals surface area contributed by atoms with E-state index in [0.717, 1.165) is 34.2 Å². The van der Waals surface area contributed by atoms with Gasteiger partial charge in [0.25, 0.3) is 5.91 Å². The lowest BCUT2D eigenvalue weighted by Crippen LogP contribution is -2.36. The van der Waals surface area contributed by atoms with Crippen LogP contribution in [0.4, 0.5) is 9.93 Å².